The predicted octanol–water partition coefficient (Wildman–Crippen LogP) is 3.66. The van der Waals surface area contributed by atoms with E-state index in [2.05, 4.69) is 29.9 Å². The Bertz CT molecular complexity index is 1110. The van der Waals surface area contributed by atoms with Gasteiger partial charge in [0, 0.05) is 43.0 Å². The fraction of sp³-hybridized carbons (Fsp3) is 0.200. The third-order valence-electron chi connectivity index (χ3n) is 4.90. The quantitative estimate of drug-likeness (QED) is 0.526. The number of anilines is 2. The Morgan fingerprint density at radius 2 is 1.75 bits per heavy atom. The zero-order chi connectivity index (χ0) is 18.9. The van der Waals surface area contributed by atoms with Crippen molar-refractivity contribution in [3.8, 4) is 11.3 Å². The van der Waals surface area contributed by atoms with Gasteiger partial charge in [0.2, 0.25) is 0 Å². The minimum Gasteiger partial charge on any atom is -0.353 e. The van der Waals surface area contributed by atoms with Crippen LogP contribution in [0, 0.1) is 0 Å². The molecule has 7 nitrogen and oxygen atoms in total. The summed E-state index contributed by atoms with van der Waals surface area (Å²) in [6.07, 6.45) is 3.35. The Balaban J connectivity index is 1.48. The van der Waals surface area contributed by atoms with Gasteiger partial charge in [-0.05, 0) is 24.3 Å². The number of pyridine rings is 1. The van der Waals surface area contributed by atoms with E-state index in [1.807, 2.05) is 48.7 Å². The largest absolute Gasteiger partial charge is 0.353 e. The molecular formula is C20H17ClN6O. The Kier molecular flexibility index (Phi) is 4.29. The maximum atomic E-state index is 6.16. The summed E-state index contributed by atoms with van der Waals surface area (Å²) >= 11 is 6.16. The first kappa shape index (κ1) is 16.9. The number of piperazine rings is 1. The van der Waals surface area contributed by atoms with Crippen molar-refractivity contribution >= 4 is 34.3 Å². The molecule has 0 aliphatic carbocycles. The van der Waals surface area contributed by atoms with E-state index in [0.717, 1.165) is 48.8 Å². The molecule has 1 saturated heterocycles. The van der Waals surface area contributed by atoms with Gasteiger partial charge in [-0.15, -0.1) is 0 Å². The molecule has 5 rings (SSSR count). The monoisotopic (exact) mass is 392 g/mol. The van der Waals surface area contributed by atoms with E-state index in [-0.39, 0.29) is 0 Å². The van der Waals surface area contributed by atoms with Crippen molar-refractivity contribution in [2.24, 2.45) is 0 Å². The molecule has 0 unspecified atom stereocenters. The zero-order valence-electron chi connectivity index (χ0n) is 15.0. The van der Waals surface area contributed by atoms with Gasteiger partial charge in [0.1, 0.15) is 29.0 Å². The van der Waals surface area contributed by atoms with Gasteiger partial charge in [-0.1, -0.05) is 35.0 Å². The molecule has 140 valence electrons. The van der Waals surface area contributed by atoms with Crippen molar-refractivity contribution in [3.05, 3.63) is 60.0 Å². The standard InChI is InChI=1S/C20H17ClN6O/c21-15-5-3-4-14(12-15)18-17-19(23-13-24-20(17)28-25-18)27-10-8-26(9-11-27)16-6-1-2-7-22-16/h1-7,12-13H,8-11H2. The lowest BCUT2D eigenvalue weighted by Crippen LogP contribution is -2.47. The van der Waals surface area contributed by atoms with Crippen LogP contribution in [0.1, 0.15) is 0 Å². The van der Waals surface area contributed by atoms with Crippen LogP contribution in [0.15, 0.2) is 59.5 Å². The fourth-order valence-corrected chi connectivity index (χ4v) is 3.72. The summed E-state index contributed by atoms with van der Waals surface area (Å²) in [4.78, 5) is 17.8. The molecule has 0 N–H and O–H groups in total. The summed E-state index contributed by atoms with van der Waals surface area (Å²) in [7, 11) is 0. The highest BCUT2D eigenvalue weighted by Gasteiger charge is 2.24. The average Bonchev–Trinajstić information content (AvgIpc) is 3.19. The molecule has 1 aliphatic heterocycles. The third kappa shape index (κ3) is 3.03. The molecule has 0 radical (unpaired) electrons. The Hall–Kier alpha value is -3.19. The van der Waals surface area contributed by atoms with Crippen LogP contribution in [-0.2, 0) is 0 Å². The molecule has 28 heavy (non-hydrogen) atoms. The summed E-state index contributed by atoms with van der Waals surface area (Å²) in [5.74, 6) is 1.83. The molecule has 0 atom stereocenters. The van der Waals surface area contributed by atoms with Gasteiger partial charge in [0.25, 0.3) is 5.71 Å². The summed E-state index contributed by atoms with van der Waals surface area (Å²) in [5.41, 5.74) is 2.07. The Morgan fingerprint density at radius 3 is 2.54 bits per heavy atom. The zero-order valence-corrected chi connectivity index (χ0v) is 15.8. The number of hydrogen-bond acceptors (Lipinski definition) is 7. The molecule has 0 spiro atoms. The first-order valence-electron chi connectivity index (χ1n) is 9.07. The normalized spacial score (nSPS) is 14.6. The Labute approximate surface area is 166 Å². The van der Waals surface area contributed by atoms with Crippen LogP contribution in [0.25, 0.3) is 22.4 Å². The molecule has 0 saturated carbocycles. The molecular weight excluding hydrogens is 376 g/mol. The summed E-state index contributed by atoms with van der Waals surface area (Å²) in [5, 5.41) is 5.71. The molecule has 1 aromatic carbocycles. The maximum absolute atomic E-state index is 6.16. The van der Waals surface area contributed by atoms with Gasteiger partial charge in [-0.25, -0.2) is 9.97 Å². The molecule has 8 heteroatoms. The topological polar surface area (TPSA) is 71.2 Å². The van der Waals surface area contributed by atoms with Crippen LogP contribution < -0.4 is 9.80 Å². The first-order chi connectivity index (χ1) is 13.8. The predicted molar refractivity (Wildman–Crippen MR) is 109 cm³/mol. The van der Waals surface area contributed by atoms with Crippen molar-refractivity contribution in [3.63, 3.8) is 0 Å². The van der Waals surface area contributed by atoms with Gasteiger partial charge in [-0.3, -0.25) is 0 Å². The van der Waals surface area contributed by atoms with Gasteiger partial charge in [-0.2, -0.15) is 4.98 Å². The summed E-state index contributed by atoms with van der Waals surface area (Å²) < 4.78 is 5.47. The van der Waals surface area contributed by atoms with Crippen molar-refractivity contribution in [2.45, 2.75) is 0 Å². The second kappa shape index (κ2) is 7.09. The average molecular weight is 393 g/mol. The molecule has 4 aromatic rings. The van der Waals surface area contributed by atoms with Gasteiger partial charge < -0.3 is 14.3 Å². The number of halogens is 1. The third-order valence-corrected chi connectivity index (χ3v) is 5.14. The number of nitrogens with zero attached hydrogens (tertiary/aromatic N) is 6. The van der Waals surface area contributed by atoms with Crippen molar-refractivity contribution < 1.29 is 4.52 Å². The Morgan fingerprint density at radius 1 is 0.893 bits per heavy atom. The minimum absolute atomic E-state index is 0.479. The van der Waals surface area contributed by atoms with Crippen LogP contribution >= 0.6 is 11.6 Å². The van der Waals surface area contributed by atoms with Crippen LogP contribution in [0.3, 0.4) is 0 Å². The van der Waals surface area contributed by atoms with E-state index in [4.69, 9.17) is 16.1 Å². The highest BCUT2D eigenvalue weighted by atomic mass is 35.5. The van der Waals surface area contributed by atoms with Gasteiger partial charge >= 0.3 is 0 Å². The summed E-state index contributed by atoms with van der Waals surface area (Å²) in [6.45, 7) is 3.37. The van der Waals surface area contributed by atoms with E-state index < -0.39 is 0 Å². The fourth-order valence-electron chi connectivity index (χ4n) is 3.53. The van der Waals surface area contributed by atoms with E-state index >= 15 is 0 Å². The van der Waals surface area contributed by atoms with Crippen molar-refractivity contribution in [1.82, 2.24) is 20.1 Å². The van der Waals surface area contributed by atoms with E-state index in [9.17, 15) is 0 Å². The van der Waals surface area contributed by atoms with E-state index in [1.165, 1.54) is 6.33 Å². The molecule has 0 amide bonds. The maximum Gasteiger partial charge on any atom is 0.263 e. The molecule has 1 aliphatic rings. The molecule has 3 aromatic heterocycles. The number of benzene rings is 1. The first-order valence-corrected chi connectivity index (χ1v) is 9.44. The van der Waals surface area contributed by atoms with Crippen LogP contribution in [0.2, 0.25) is 5.02 Å². The summed E-state index contributed by atoms with van der Waals surface area (Å²) in [6, 6.07) is 13.5. The van der Waals surface area contributed by atoms with Crippen LogP contribution in [-0.4, -0.2) is 46.3 Å². The molecule has 0 bridgehead atoms. The van der Waals surface area contributed by atoms with E-state index in [0.29, 0.717) is 16.4 Å². The van der Waals surface area contributed by atoms with Gasteiger partial charge in [0.15, 0.2) is 0 Å². The SMILES string of the molecule is Clc1cccc(-c2noc3ncnc(N4CCN(c5ccccn5)CC4)c23)c1. The molecule has 1 fully saturated rings. The van der Waals surface area contributed by atoms with Crippen molar-refractivity contribution in [1.29, 1.82) is 0 Å². The molecule has 4 heterocycles. The van der Waals surface area contributed by atoms with Crippen molar-refractivity contribution in [2.75, 3.05) is 36.0 Å². The second-order valence-electron chi connectivity index (χ2n) is 6.58. The lowest BCUT2D eigenvalue weighted by atomic mass is 10.1. The lowest BCUT2D eigenvalue weighted by molar-refractivity contribution is 0.451. The highest BCUT2D eigenvalue weighted by molar-refractivity contribution is 6.30. The number of aromatic nitrogens is 4. The van der Waals surface area contributed by atoms with Crippen LogP contribution in [0.4, 0.5) is 11.6 Å². The highest BCUT2D eigenvalue weighted by Crippen LogP contribution is 2.34. The minimum atomic E-state index is 0.479. The van der Waals surface area contributed by atoms with Gasteiger partial charge in [0.05, 0.1) is 0 Å². The lowest BCUT2D eigenvalue weighted by Gasteiger charge is -2.36. The smallest absolute Gasteiger partial charge is 0.263 e. The second-order valence-corrected chi connectivity index (χ2v) is 7.02. The van der Waals surface area contributed by atoms with Crippen LogP contribution in [0.5, 0.6) is 0 Å². The van der Waals surface area contributed by atoms with E-state index in [1.54, 1.807) is 0 Å². The number of rotatable bonds is 3. The number of fused-ring (bicyclic) bond motifs is 1. The number of hydrogen-bond donors (Lipinski definition) is 0.